The van der Waals surface area contributed by atoms with E-state index in [1.807, 2.05) is 6.92 Å². The number of rotatable bonds is 9. The number of hydrogen-bond donors (Lipinski definition) is 1. The van der Waals surface area contributed by atoms with Gasteiger partial charge in [-0.25, -0.2) is 4.79 Å². The molecule has 2 atom stereocenters. The van der Waals surface area contributed by atoms with Crippen LogP contribution in [0, 0.1) is 0 Å². The van der Waals surface area contributed by atoms with Gasteiger partial charge in [-0.1, -0.05) is 51.9 Å². The molecule has 0 saturated carbocycles. The molecule has 1 heterocycles. The zero-order valence-electron chi connectivity index (χ0n) is 10.5. The first-order valence-electron chi connectivity index (χ1n) is 6.51. The van der Waals surface area contributed by atoms with E-state index in [4.69, 9.17) is 9.84 Å². The Hall–Kier alpha value is -0.570. The van der Waals surface area contributed by atoms with Crippen LogP contribution < -0.4 is 0 Å². The van der Waals surface area contributed by atoms with Gasteiger partial charge in [0.15, 0.2) is 6.10 Å². The minimum Gasteiger partial charge on any atom is -0.479 e. The Kier molecular flexibility index (Phi) is 5.26. The van der Waals surface area contributed by atoms with E-state index in [1.54, 1.807) is 0 Å². The molecule has 1 aliphatic rings. The summed E-state index contributed by atoms with van der Waals surface area (Å²) < 4.78 is 5.21. The molecule has 1 rings (SSSR count). The zero-order valence-corrected chi connectivity index (χ0v) is 10.5. The molecule has 0 spiro atoms. The average molecular weight is 228 g/mol. The van der Waals surface area contributed by atoms with Crippen molar-refractivity contribution in [2.45, 2.75) is 76.9 Å². The quantitative estimate of drug-likeness (QED) is 0.486. The van der Waals surface area contributed by atoms with Gasteiger partial charge in [-0.15, -0.1) is 0 Å². The lowest BCUT2D eigenvalue weighted by Crippen LogP contribution is -2.16. The molecule has 3 nitrogen and oxygen atoms in total. The van der Waals surface area contributed by atoms with Crippen molar-refractivity contribution in [2.75, 3.05) is 0 Å². The number of carboxylic acid groups (broad SMARTS) is 1. The summed E-state index contributed by atoms with van der Waals surface area (Å²) in [4.78, 5) is 10.7. The third-order valence-electron chi connectivity index (χ3n) is 3.39. The molecule has 3 heteroatoms. The minimum absolute atomic E-state index is 0.366. The van der Waals surface area contributed by atoms with Gasteiger partial charge in [-0.2, -0.15) is 0 Å². The molecular weight excluding hydrogens is 204 g/mol. The molecule has 2 unspecified atom stereocenters. The molecule has 0 aromatic carbocycles. The topological polar surface area (TPSA) is 49.8 Å². The van der Waals surface area contributed by atoms with Crippen molar-refractivity contribution in [3.63, 3.8) is 0 Å². The fraction of sp³-hybridized carbons (Fsp3) is 0.923. The van der Waals surface area contributed by atoms with Crippen LogP contribution >= 0.6 is 0 Å². The Labute approximate surface area is 98.2 Å². The van der Waals surface area contributed by atoms with Gasteiger partial charge in [0.1, 0.15) is 5.60 Å². The van der Waals surface area contributed by atoms with E-state index in [9.17, 15) is 4.79 Å². The Balaban J connectivity index is 1.94. The molecule has 1 aliphatic heterocycles. The second kappa shape index (κ2) is 6.24. The third kappa shape index (κ3) is 4.12. The molecule has 0 aromatic rings. The van der Waals surface area contributed by atoms with Crippen LogP contribution in [0.15, 0.2) is 0 Å². The number of unbranched alkanes of at least 4 members (excludes halogenated alkanes) is 6. The van der Waals surface area contributed by atoms with E-state index in [1.165, 1.54) is 38.5 Å². The zero-order chi connectivity index (χ0) is 12.0. The maximum Gasteiger partial charge on any atom is 0.335 e. The number of aliphatic carboxylic acids is 1. The summed E-state index contributed by atoms with van der Waals surface area (Å²) in [5.41, 5.74) is -0.366. The predicted octanol–water partition coefficient (Wildman–Crippen LogP) is 3.37. The van der Waals surface area contributed by atoms with Crippen molar-refractivity contribution in [3.8, 4) is 0 Å². The first-order chi connectivity index (χ1) is 7.60. The van der Waals surface area contributed by atoms with Crippen LogP contribution in [0.25, 0.3) is 0 Å². The normalized spacial score (nSPS) is 28.0. The van der Waals surface area contributed by atoms with Gasteiger partial charge in [0.05, 0.1) is 0 Å². The lowest BCUT2D eigenvalue weighted by atomic mass is 9.98. The van der Waals surface area contributed by atoms with Crippen LogP contribution in [0.1, 0.15) is 65.2 Å². The second-order valence-corrected chi connectivity index (χ2v) is 5.02. The first-order valence-corrected chi connectivity index (χ1v) is 6.51. The fourth-order valence-corrected chi connectivity index (χ4v) is 2.17. The third-order valence-corrected chi connectivity index (χ3v) is 3.39. The summed E-state index contributed by atoms with van der Waals surface area (Å²) in [7, 11) is 0. The predicted molar refractivity (Wildman–Crippen MR) is 63.5 cm³/mol. The van der Waals surface area contributed by atoms with Gasteiger partial charge >= 0.3 is 5.97 Å². The van der Waals surface area contributed by atoms with Crippen molar-refractivity contribution >= 4 is 5.97 Å². The summed E-state index contributed by atoms with van der Waals surface area (Å²) in [5.74, 6) is -0.814. The molecule has 0 aromatic heterocycles. The van der Waals surface area contributed by atoms with E-state index in [-0.39, 0.29) is 5.60 Å². The van der Waals surface area contributed by atoms with E-state index in [2.05, 4.69) is 6.92 Å². The van der Waals surface area contributed by atoms with Crippen LogP contribution in [0.3, 0.4) is 0 Å². The van der Waals surface area contributed by atoms with Crippen LogP contribution in [-0.2, 0) is 9.53 Å². The molecule has 1 N–H and O–H groups in total. The molecule has 0 radical (unpaired) electrons. The van der Waals surface area contributed by atoms with Crippen LogP contribution in [0.5, 0.6) is 0 Å². The Morgan fingerprint density at radius 3 is 2.25 bits per heavy atom. The maximum absolute atomic E-state index is 10.7. The molecule has 1 fully saturated rings. The van der Waals surface area contributed by atoms with Crippen molar-refractivity contribution < 1.29 is 14.6 Å². The number of carboxylic acids is 1. The average Bonchev–Trinajstić information content (AvgIpc) is 2.90. The van der Waals surface area contributed by atoms with Crippen molar-refractivity contribution in [3.05, 3.63) is 0 Å². The number of carbonyl (C=O) groups is 1. The molecule has 94 valence electrons. The number of ether oxygens (including phenoxy) is 1. The fourth-order valence-electron chi connectivity index (χ4n) is 2.17. The summed E-state index contributed by atoms with van der Waals surface area (Å²) >= 11 is 0. The first kappa shape index (κ1) is 13.5. The summed E-state index contributed by atoms with van der Waals surface area (Å²) in [6, 6.07) is 0. The Morgan fingerprint density at radius 2 is 1.75 bits per heavy atom. The minimum atomic E-state index is -0.814. The highest BCUT2D eigenvalue weighted by molar-refractivity contribution is 5.77. The molecule has 0 amide bonds. The van der Waals surface area contributed by atoms with Gasteiger partial charge < -0.3 is 9.84 Å². The van der Waals surface area contributed by atoms with Gasteiger partial charge in [0, 0.05) is 0 Å². The monoisotopic (exact) mass is 228 g/mol. The smallest absolute Gasteiger partial charge is 0.335 e. The van der Waals surface area contributed by atoms with Gasteiger partial charge in [0.25, 0.3) is 0 Å². The highest BCUT2D eigenvalue weighted by atomic mass is 16.6. The van der Waals surface area contributed by atoms with Crippen LogP contribution in [0.4, 0.5) is 0 Å². The summed E-state index contributed by atoms with van der Waals surface area (Å²) in [5, 5.41) is 8.76. The second-order valence-electron chi connectivity index (χ2n) is 5.02. The largest absolute Gasteiger partial charge is 0.479 e. The standard InChI is InChI=1S/C13H24O3/c1-3-4-5-6-7-8-9-10-13(2)11(16-13)12(14)15/h11H,3-10H2,1-2H3,(H,14,15). The van der Waals surface area contributed by atoms with Crippen LogP contribution in [0.2, 0.25) is 0 Å². The van der Waals surface area contributed by atoms with Gasteiger partial charge in [-0.3, -0.25) is 0 Å². The lowest BCUT2D eigenvalue weighted by Gasteiger charge is -2.05. The van der Waals surface area contributed by atoms with Crippen molar-refractivity contribution in [2.24, 2.45) is 0 Å². The highest BCUT2D eigenvalue weighted by Crippen LogP contribution is 2.40. The van der Waals surface area contributed by atoms with E-state index in [0.717, 1.165) is 12.8 Å². The molecule has 16 heavy (non-hydrogen) atoms. The van der Waals surface area contributed by atoms with E-state index in [0.29, 0.717) is 0 Å². The molecule has 0 aliphatic carbocycles. The Morgan fingerprint density at radius 1 is 1.19 bits per heavy atom. The SMILES string of the molecule is CCCCCCCCCC1(C)OC1C(=O)O. The lowest BCUT2D eigenvalue weighted by molar-refractivity contribution is -0.138. The number of hydrogen-bond acceptors (Lipinski definition) is 2. The van der Waals surface area contributed by atoms with Crippen molar-refractivity contribution in [1.29, 1.82) is 0 Å². The van der Waals surface area contributed by atoms with Crippen molar-refractivity contribution in [1.82, 2.24) is 0 Å². The number of epoxide rings is 1. The Bertz CT molecular complexity index is 227. The summed E-state index contributed by atoms with van der Waals surface area (Å²) in [6.07, 6.45) is 9.17. The highest BCUT2D eigenvalue weighted by Gasteiger charge is 2.56. The van der Waals surface area contributed by atoms with E-state index < -0.39 is 12.1 Å². The maximum atomic E-state index is 10.7. The summed E-state index contributed by atoms with van der Waals surface area (Å²) in [6.45, 7) is 4.13. The van der Waals surface area contributed by atoms with Crippen LogP contribution in [-0.4, -0.2) is 22.8 Å². The molecular formula is C13H24O3. The van der Waals surface area contributed by atoms with E-state index >= 15 is 0 Å². The molecule has 0 bridgehead atoms. The van der Waals surface area contributed by atoms with Gasteiger partial charge in [0.2, 0.25) is 0 Å². The molecule has 1 saturated heterocycles. The van der Waals surface area contributed by atoms with Gasteiger partial charge in [-0.05, 0) is 13.3 Å².